The molecular weight excluding hydrogens is 404 g/mol. The molecule has 1 aliphatic heterocycles. The van der Waals surface area contributed by atoms with E-state index >= 15 is 0 Å². The SMILES string of the molecule is CCOC(=O)c1ccc(NC(=O)COC(=O)CN2C(=O)[C@H]3[C@H]4CC[C@@H](C4)[C@@H]3C2=O)cc1. The highest BCUT2D eigenvalue weighted by Gasteiger charge is 2.61. The van der Waals surface area contributed by atoms with Gasteiger partial charge in [0.15, 0.2) is 6.61 Å². The monoisotopic (exact) mass is 428 g/mol. The van der Waals surface area contributed by atoms with Crippen LogP contribution in [-0.2, 0) is 28.7 Å². The van der Waals surface area contributed by atoms with Crippen molar-refractivity contribution in [2.45, 2.75) is 26.2 Å². The third-order valence-corrected chi connectivity index (χ3v) is 6.35. The molecule has 3 amide bonds. The number of nitrogens with zero attached hydrogens (tertiary/aromatic N) is 1. The number of hydrogen-bond acceptors (Lipinski definition) is 7. The lowest BCUT2D eigenvalue weighted by Gasteiger charge is -2.19. The molecule has 1 aromatic carbocycles. The number of rotatable bonds is 7. The van der Waals surface area contributed by atoms with E-state index in [0.29, 0.717) is 11.3 Å². The van der Waals surface area contributed by atoms with E-state index in [1.165, 1.54) is 24.3 Å². The molecule has 1 N–H and O–H groups in total. The van der Waals surface area contributed by atoms with Crippen molar-refractivity contribution in [3.05, 3.63) is 29.8 Å². The predicted molar refractivity (Wildman–Crippen MR) is 107 cm³/mol. The Kier molecular flexibility index (Phi) is 5.75. The van der Waals surface area contributed by atoms with Gasteiger partial charge in [-0.2, -0.15) is 0 Å². The maximum atomic E-state index is 12.6. The summed E-state index contributed by atoms with van der Waals surface area (Å²) < 4.78 is 9.84. The molecule has 0 spiro atoms. The van der Waals surface area contributed by atoms with Crippen LogP contribution < -0.4 is 5.32 Å². The number of ether oxygens (including phenoxy) is 2. The summed E-state index contributed by atoms with van der Waals surface area (Å²) >= 11 is 0. The molecular formula is C22H24N2O7. The number of carbonyl (C=O) groups excluding carboxylic acids is 5. The number of nitrogens with one attached hydrogen (secondary N) is 1. The highest BCUT2D eigenvalue weighted by atomic mass is 16.5. The molecule has 1 aromatic rings. The predicted octanol–water partition coefficient (Wildman–Crippen LogP) is 1.38. The zero-order chi connectivity index (χ0) is 22.1. The second kappa shape index (κ2) is 8.49. The van der Waals surface area contributed by atoms with Crippen molar-refractivity contribution in [2.75, 3.05) is 25.1 Å². The summed E-state index contributed by atoms with van der Waals surface area (Å²) in [7, 11) is 0. The summed E-state index contributed by atoms with van der Waals surface area (Å²) in [6.45, 7) is 0.955. The van der Waals surface area contributed by atoms with Crippen LogP contribution in [0.25, 0.3) is 0 Å². The molecule has 0 aromatic heterocycles. The van der Waals surface area contributed by atoms with Gasteiger partial charge in [0.25, 0.3) is 5.91 Å². The topological polar surface area (TPSA) is 119 Å². The standard InChI is InChI=1S/C22H24N2O7/c1-2-30-22(29)12-5-7-15(8-6-12)23-16(25)11-31-17(26)10-24-20(27)18-13-3-4-14(9-13)19(18)21(24)28/h5-8,13-14,18-19H,2-4,9-11H2,1H3,(H,23,25)/t13-,14-,18-,19-/m0/s1. The lowest BCUT2D eigenvalue weighted by Crippen LogP contribution is -2.38. The van der Waals surface area contributed by atoms with Gasteiger partial charge in [-0.05, 0) is 62.3 Å². The molecule has 1 saturated heterocycles. The number of likely N-dealkylation sites (tertiary alicyclic amines) is 1. The first-order valence-corrected chi connectivity index (χ1v) is 10.5. The van der Waals surface area contributed by atoms with Gasteiger partial charge in [0.05, 0.1) is 24.0 Å². The number of anilines is 1. The molecule has 0 radical (unpaired) electrons. The largest absolute Gasteiger partial charge is 0.462 e. The van der Waals surface area contributed by atoms with E-state index in [-0.39, 0.29) is 42.1 Å². The third kappa shape index (κ3) is 4.04. The van der Waals surface area contributed by atoms with Crippen molar-refractivity contribution >= 4 is 35.3 Å². The van der Waals surface area contributed by atoms with Gasteiger partial charge in [0, 0.05) is 5.69 Å². The molecule has 0 unspecified atom stereocenters. The van der Waals surface area contributed by atoms with Crippen molar-refractivity contribution in [3.63, 3.8) is 0 Å². The molecule has 3 fully saturated rings. The van der Waals surface area contributed by atoms with E-state index in [1.54, 1.807) is 6.92 Å². The fraction of sp³-hybridized carbons (Fsp3) is 0.500. The molecule has 9 nitrogen and oxygen atoms in total. The fourth-order valence-corrected chi connectivity index (χ4v) is 5.05. The number of amides is 3. The number of imide groups is 1. The number of esters is 2. The molecule has 3 aliphatic rings. The first kappa shape index (κ1) is 21.0. The second-order valence-electron chi connectivity index (χ2n) is 8.15. The van der Waals surface area contributed by atoms with E-state index in [9.17, 15) is 24.0 Å². The van der Waals surface area contributed by atoms with Gasteiger partial charge in [-0.25, -0.2) is 4.79 Å². The molecule has 31 heavy (non-hydrogen) atoms. The Labute approximate surface area is 179 Å². The molecule has 4 rings (SSSR count). The van der Waals surface area contributed by atoms with Crippen molar-refractivity contribution < 1.29 is 33.4 Å². The summed E-state index contributed by atoms with van der Waals surface area (Å²) in [6, 6.07) is 6.07. The Bertz CT molecular complexity index is 898. The quantitative estimate of drug-likeness (QED) is 0.515. The van der Waals surface area contributed by atoms with Crippen molar-refractivity contribution in [1.82, 2.24) is 4.90 Å². The van der Waals surface area contributed by atoms with E-state index < -0.39 is 31.0 Å². The van der Waals surface area contributed by atoms with E-state index in [1.807, 2.05) is 0 Å². The second-order valence-corrected chi connectivity index (χ2v) is 8.15. The normalized spacial score (nSPS) is 26.0. The van der Waals surface area contributed by atoms with Crippen LogP contribution in [0.3, 0.4) is 0 Å². The minimum absolute atomic E-state index is 0.244. The van der Waals surface area contributed by atoms with Gasteiger partial charge in [-0.3, -0.25) is 24.1 Å². The molecule has 1 heterocycles. The minimum atomic E-state index is -0.804. The van der Waals surface area contributed by atoms with E-state index in [2.05, 4.69) is 5.32 Å². The lowest BCUT2D eigenvalue weighted by molar-refractivity contribution is -0.154. The van der Waals surface area contributed by atoms with Gasteiger partial charge in [0.2, 0.25) is 11.8 Å². The van der Waals surface area contributed by atoms with E-state index in [4.69, 9.17) is 9.47 Å². The first-order valence-electron chi connectivity index (χ1n) is 10.5. The van der Waals surface area contributed by atoms with Crippen LogP contribution >= 0.6 is 0 Å². The Balaban J connectivity index is 1.25. The van der Waals surface area contributed by atoms with Crippen LogP contribution in [0.2, 0.25) is 0 Å². The number of benzene rings is 1. The van der Waals surface area contributed by atoms with Gasteiger partial charge in [0.1, 0.15) is 6.54 Å². The summed E-state index contributed by atoms with van der Waals surface area (Å²) in [4.78, 5) is 62.0. The molecule has 2 saturated carbocycles. The van der Waals surface area contributed by atoms with Crippen LogP contribution in [0.4, 0.5) is 5.69 Å². The molecule has 2 bridgehead atoms. The third-order valence-electron chi connectivity index (χ3n) is 6.35. The summed E-state index contributed by atoms with van der Waals surface area (Å²) in [5.74, 6) is -2.51. The van der Waals surface area contributed by atoms with Gasteiger partial charge in [-0.1, -0.05) is 0 Å². The van der Waals surface area contributed by atoms with Crippen LogP contribution in [0.1, 0.15) is 36.5 Å². The van der Waals surface area contributed by atoms with Crippen LogP contribution in [0, 0.1) is 23.7 Å². The lowest BCUT2D eigenvalue weighted by atomic mass is 9.81. The zero-order valence-corrected chi connectivity index (χ0v) is 17.2. The van der Waals surface area contributed by atoms with Crippen LogP contribution in [0.5, 0.6) is 0 Å². The van der Waals surface area contributed by atoms with Gasteiger partial charge in [-0.15, -0.1) is 0 Å². The van der Waals surface area contributed by atoms with E-state index in [0.717, 1.165) is 24.2 Å². The molecule has 9 heteroatoms. The smallest absolute Gasteiger partial charge is 0.338 e. The summed E-state index contributed by atoms with van der Waals surface area (Å²) in [6.07, 6.45) is 2.85. The Morgan fingerprint density at radius 2 is 1.61 bits per heavy atom. The van der Waals surface area contributed by atoms with Crippen molar-refractivity contribution in [3.8, 4) is 0 Å². The Morgan fingerprint density at radius 3 is 2.19 bits per heavy atom. The average Bonchev–Trinajstić information content (AvgIpc) is 3.43. The average molecular weight is 428 g/mol. The fourth-order valence-electron chi connectivity index (χ4n) is 5.05. The first-order chi connectivity index (χ1) is 14.9. The number of fused-ring (bicyclic) bond motifs is 5. The molecule has 2 aliphatic carbocycles. The Hall–Kier alpha value is -3.23. The minimum Gasteiger partial charge on any atom is -0.462 e. The zero-order valence-electron chi connectivity index (χ0n) is 17.2. The van der Waals surface area contributed by atoms with Gasteiger partial charge < -0.3 is 14.8 Å². The Morgan fingerprint density at radius 1 is 1.00 bits per heavy atom. The maximum Gasteiger partial charge on any atom is 0.338 e. The van der Waals surface area contributed by atoms with Gasteiger partial charge >= 0.3 is 11.9 Å². The van der Waals surface area contributed by atoms with Crippen molar-refractivity contribution in [1.29, 1.82) is 0 Å². The molecule has 164 valence electrons. The summed E-state index contributed by atoms with van der Waals surface area (Å²) in [5, 5.41) is 2.54. The highest BCUT2D eigenvalue weighted by molar-refractivity contribution is 6.08. The number of hydrogen-bond donors (Lipinski definition) is 1. The molecule has 4 atom stereocenters. The maximum absolute atomic E-state index is 12.6. The summed E-state index contributed by atoms with van der Waals surface area (Å²) in [5.41, 5.74) is 0.770. The van der Waals surface area contributed by atoms with Crippen LogP contribution in [-0.4, -0.2) is 54.3 Å². The number of carbonyl (C=O) groups is 5. The van der Waals surface area contributed by atoms with Crippen LogP contribution in [0.15, 0.2) is 24.3 Å². The highest BCUT2D eigenvalue weighted by Crippen LogP contribution is 2.56. The van der Waals surface area contributed by atoms with Crippen molar-refractivity contribution in [2.24, 2.45) is 23.7 Å².